The molecule has 1 aromatic heterocycles. The Morgan fingerprint density at radius 1 is 1.16 bits per heavy atom. The third-order valence-electron chi connectivity index (χ3n) is 3.82. The van der Waals surface area contributed by atoms with Gasteiger partial charge in [0.15, 0.2) is 5.13 Å². The molecular weight excluding hydrogens is 348 g/mol. The lowest BCUT2D eigenvalue weighted by atomic mass is 10.2. The molecule has 0 saturated heterocycles. The topological polar surface area (TPSA) is 42.0 Å². The van der Waals surface area contributed by atoms with Crippen LogP contribution in [0.15, 0.2) is 58.8 Å². The van der Waals surface area contributed by atoms with Crippen molar-refractivity contribution in [3.63, 3.8) is 0 Å². The van der Waals surface area contributed by atoms with Gasteiger partial charge in [-0.05, 0) is 32.4 Å². The van der Waals surface area contributed by atoms with Gasteiger partial charge in [-0.3, -0.25) is 4.79 Å². The molecule has 0 aliphatic heterocycles. The number of hydrogen-bond donors (Lipinski definition) is 1. The number of thioether (sulfide) groups is 1. The van der Waals surface area contributed by atoms with Crippen LogP contribution in [-0.2, 0) is 4.79 Å². The van der Waals surface area contributed by atoms with E-state index >= 15 is 0 Å². The first kappa shape index (κ1) is 17.7. The number of carbonyl (C=O) groups excluding carboxylic acids is 1. The minimum atomic E-state index is -0.190. The van der Waals surface area contributed by atoms with Crippen molar-refractivity contribution in [2.75, 3.05) is 5.32 Å². The Kier molecular flexibility index (Phi) is 5.56. The van der Waals surface area contributed by atoms with Crippen LogP contribution in [0.1, 0.15) is 18.1 Å². The second kappa shape index (κ2) is 7.85. The molecule has 2 aromatic carbocycles. The van der Waals surface area contributed by atoms with Crippen molar-refractivity contribution in [3.8, 4) is 11.3 Å². The van der Waals surface area contributed by atoms with Crippen molar-refractivity contribution in [1.29, 1.82) is 0 Å². The van der Waals surface area contributed by atoms with E-state index in [0.29, 0.717) is 5.13 Å². The number of aryl methyl sites for hydroxylation is 2. The SMILES string of the molecule is Cc1ccc(C)c(SC(C)C(=O)Nc2nc(-c3ccccc3)cs2)c1. The number of nitrogens with one attached hydrogen (secondary N) is 1. The molecule has 5 heteroatoms. The molecule has 0 saturated carbocycles. The van der Waals surface area contributed by atoms with Crippen LogP contribution in [0.25, 0.3) is 11.3 Å². The van der Waals surface area contributed by atoms with Crippen LogP contribution < -0.4 is 5.32 Å². The van der Waals surface area contributed by atoms with Crippen LogP contribution in [-0.4, -0.2) is 16.1 Å². The highest BCUT2D eigenvalue weighted by atomic mass is 32.2. The van der Waals surface area contributed by atoms with E-state index < -0.39 is 0 Å². The molecule has 0 spiro atoms. The average Bonchev–Trinajstić information content (AvgIpc) is 3.07. The highest BCUT2D eigenvalue weighted by Gasteiger charge is 2.17. The predicted molar refractivity (Wildman–Crippen MR) is 107 cm³/mol. The van der Waals surface area contributed by atoms with E-state index in [1.807, 2.05) is 42.6 Å². The molecular formula is C20H20N2OS2. The van der Waals surface area contributed by atoms with Gasteiger partial charge in [-0.25, -0.2) is 4.98 Å². The van der Waals surface area contributed by atoms with Crippen molar-refractivity contribution in [2.45, 2.75) is 30.9 Å². The molecule has 0 fully saturated rings. The van der Waals surface area contributed by atoms with Crippen LogP contribution in [0.3, 0.4) is 0 Å². The maximum absolute atomic E-state index is 12.5. The maximum atomic E-state index is 12.5. The smallest absolute Gasteiger partial charge is 0.239 e. The summed E-state index contributed by atoms with van der Waals surface area (Å²) in [4.78, 5) is 18.2. The summed E-state index contributed by atoms with van der Waals surface area (Å²) in [5, 5.41) is 5.35. The van der Waals surface area contributed by atoms with E-state index in [-0.39, 0.29) is 11.2 Å². The van der Waals surface area contributed by atoms with Crippen LogP contribution >= 0.6 is 23.1 Å². The monoisotopic (exact) mass is 368 g/mol. The van der Waals surface area contributed by atoms with Crippen LogP contribution in [0, 0.1) is 13.8 Å². The summed E-state index contributed by atoms with van der Waals surface area (Å²) in [6, 6.07) is 16.3. The molecule has 0 radical (unpaired) electrons. The minimum absolute atomic E-state index is 0.0279. The molecule has 3 rings (SSSR count). The molecule has 1 heterocycles. The minimum Gasteiger partial charge on any atom is -0.301 e. The first-order valence-electron chi connectivity index (χ1n) is 8.08. The van der Waals surface area contributed by atoms with Gasteiger partial charge in [0.1, 0.15) is 0 Å². The summed E-state index contributed by atoms with van der Waals surface area (Å²) >= 11 is 3.03. The maximum Gasteiger partial charge on any atom is 0.239 e. The number of amides is 1. The van der Waals surface area contributed by atoms with Crippen molar-refractivity contribution in [3.05, 3.63) is 65.0 Å². The lowest BCUT2D eigenvalue weighted by molar-refractivity contribution is -0.115. The van der Waals surface area contributed by atoms with Gasteiger partial charge in [-0.15, -0.1) is 23.1 Å². The van der Waals surface area contributed by atoms with Gasteiger partial charge in [0.25, 0.3) is 0 Å². The second-order valence-electron chi connectivity index (χ2n) is 5.92. The Labute approximate surface area is 156 Å². The highest BCUT2D eigenvalue weighted by Crippen LogP contribution is 2.29. The lowest BCUT2D eigenvalue weighted by Gasteiger charge is -2.13. The molecule has 0 bridgehead atoms. The van der Waals surface area contributed by atoms with Crippen LogP contribution in [0.5, 0.6) is 0 Å². The average molecular weight is 369 g/mol. The summed E-state index contributed by atoms with van der Waals surface area (Å²) in [6.07, 6.45) is 0. The number of hydrogen-bond acceptors (Lipinski definition) is 4. The van der Waals surface area contributed by atoms with Gasteiger partial charge < -0.3 is 5.32 Å². The van der Waals surface area contributed by atoms with Gasteiger partial charge in [0, 0.05) is 15.8 Å². The predicted octanol–water partition coefficient (Wildman–Crippen LogP) is 5.55. The van der Waals surface area contributed by atoms with Crippen molar-refractivity contribution >= 4 is 34.1 Å². The first-order valence-corrected chi connectivity index (χ1v) is 9.84. The zero-order chi connectivity index (χ0) is 17.8. The van der Waals surface area contributed by atoms with Gasteiger partial charge in [0.2, 0.25) is 5.91 Å². The molecule has 128 valence electrons. The first-order chi connectivity index (χ1) is 12.0. The van der Waals surface area contributed by atoms with E-state index in [9.17, 15) is 4.79 Å². The van der Waals surface area contributed by atoms with E-state index in [1.54, 1.807) is 11.8 Å². The van der Waals surface area contributed by atoms with E-state index in [1.165, 1.54) is 22.5 Å². The number of aromatic nitrogens is 1. The van der Waals surface area contributed by atoms with Gasteiger partial charge >= 0.3 is 0 Å². The van der Waals surface area contributed by atoms with E-state index in [4.69, 9.17) is 0 Å². The van der Waals surface area contributed by atoms with E-state index in [2.05, 4.69) is 42.3 Å². The Morgan fingerprint density at radius 2 is 1.92 bits per heavy atom. The van der Waals surface area contributed by atoms with Crippen molar-refractivity contribution in [1.82, 2.24) is 4.98 Å². The number of nitrogens with zero attached hydrogens (tertiary/aromatic N) is 1. The number of benzene rings is 2. The van der Waals surface area contributed by atoms with E-state index in [0.717, 1.165) is 16.2 Å². The van der Waals surface area contributed by atoms with Crippen molar-refractivity contribution < 1.29 is 4.79 Å². The second-order valence-corrected chi connectivity index (χ2v) is 8.16. The summed E-state index contributed by atoms with van der Waals surface area (Å²) in [7, 11) is 0. The molecule has 0 aliphatic rings. The summed E-state index contributed by atoms with van der Waals surface area (Å²) in [5.74, 6) is -0.0279. The molecule has 25 heavy (non-hydrogen) atoms. The standard InChI is InChI=1S/C20H20N2OS2/c1-13-9-10-14(2)18(11-13)25-15(3)19(23)22-20-21-17(12-24-20)16-7-5-4-6-8-16/h4-12,15H,1-3H3,(H,21,22,23). The Morgan fingerprint density at radius 3 is 2.68 bits per heavy atom. The largest absolute Gasteiger partial charge is 0.301 e. The molecule has 1 atom stereocenters. The molecule has 0 aliphatic carbocycles. The fourth-order valence-electron chi connectivity index (χ4n) is 2.36. The molecule has 3 nitrogen and oxygen atoms in total. The number of carbonyl (C=O) groups is 1. The quantitative estimate of drug-likeness (QED) is 0.601. The molecule has 3 aromatic rings. The van der Waals surface area contributed by atoms with Crippen molar-refractivity contribution in [2.24, 2.45) is 0 Å². The van der Waals surface area contributed by atoms with Crippen LogP contribution in [0.4, 0.5) is 5.13 Å². The normalized spacial score (nSPS) is 12.0. The zero-order valence-corrected chi connectivity index (χ0v) is 16.1. The Bertz CT molecular complexity index is 874. The number of rotatable bonds is 5. The molecule has 1 unspecified atom stereocenters. The van der Waals surface area contributed by atoms with Crippen LogP contribution in [0.2, 0.25) is 0 Å². The summed E-state index contributed by atoms with van der Waals surface area (Å²) < 4.78 is 0. The van der Waals surface area contributed by atoms with Gasteiger partial charge in [-0.2, -0.15) is 0 Å². The van der Waals surface area contributed by atoms with Gasteiger partial charge in [0.05, 0.1) is 10.9 Å². The zero-order valence-electron chi connectivity index (χ0n) is 14.4. The van der Waals surface area contributed by atoms with Gasteiger partial charge in [-0.1, -0.05) is 48.0 Å². The summed E-state index contributed by atoms with van der Waals surface area (Å²) in [5.41, 5.74) is 4.33. The third kappa shape index (κ3) is 4.50. The third-order valence-corrected chi connectivity index (χ3v) is 5.84. The number of thiazole rings is 1. The Hall–Kier alpha value is -2.11. The summed E-state index contributed by atoms with van der Waals surface area (Å²) in [6.45, 7) is 6.06. The molecule has 1 N–H and O–H groups in total. The fraction of sp³-hybridized carbons (Fsp3) is 0.200. The number of anilines is 1. The Balaban J connectivity index is 1.66. The molecule has 1 amide bonds. The lowest BCUT2D eigenvalue weighted by Crippen LogP contribution is -2.22. The highest BCUT2D eigenvalue weighted by molar-refractivity contribution is 8.00. The fourth-order valence-corrected chi connectivity index (χ4v) is 4.14.